The van der Waals surface area contributed by atoms with Gasteiger partial charge >= 0.3 is 0 Å². The van der Waals surface area contributed by atoms with Gasteiger partial charge in [0.15, 0.2) is 0 Å². The van der Waals surface area contributed by atoms with E-state index < -0.39 is 0 Å². The predicted molar refractivity (Wildman–Crippen MR) is 87.3 cm³/mol. The van der Waals surface area contributed by atoms with Gasteiger partial charge in [0.1, 0.15) is 5.82 Å². The van der Waals surface area contributed by atoms with Gasteiger partial charge in [0.25, 0.3) is 0 Å². The molecule has 1 heterocycles. The highest BCUT2D eigenvalue weighted by molar-refractivity contribution is 5.24. The van der Waals surface area contributed by atoms with Gasteiger partial charge in [0.05, 0.1) is 11.7 Å². The first-order valence-corrected chi connectivity index (χ1v) is 7.83. The Morgan fingerprint density at radius 3 is 2.38 bits per heavy atom. The minimum atomic E-state index is 0.249. The van der Waals surface area contributed by atoms with Gasteiger partial charge in [0.2, 0.25) is 0 Å². The van der Waals surface area contributed by atoms with Crippen molar-refractivity contribution in [2.75, 3.05) is 6.54 Å². The fourth-order valence-electron chi connectivity index (χ4n) is 2.42. The highest BCUT2D eigenvalue weighted by Crippen LogP contribution is 2.17. The van der Waals surface area contributed by atoms with Crippen molar-refractivity contribution >= 4 is 0 Å². The number of nitrogens with one attached hydrogen (secondary N) is 1. The van der Waals surface area contributed by atoms with Crippen LogP contribution < -0.4 is 5.32 Å². The van der Waals surface area contributed by atoms with E-state index in [1.807, 2.05) is 19.2 Å². The van der Waals surface area contributed by atoms with Crippen LogP contribution in [0.1, 0.15) is 49.0 Å². The molecule has 0 saturated heterocycles. The van der Waals surface area contributed by atoms with Crippen molar-refractivity contribution in [3.05, 3.63) is 59.2 Å². The van der Waals surface area contributed by atoms with Crippen molar-refractivity contribution in [3.8, 4) is 0 Å². The van der Waals surface area contributed by atoms with Gasteiger partial charge in [-0.1, -0.05) is 38.1 Å². The number of benzene rings is 1. The highest BCUT2D eigenvalue weighted by Gasteiger charge is 2.13. The summed E-state index contributed by atoms with van der Waals surface area (Å²) in [5.74, 6) is 0.831. The van der Waals surface area contributed by atoms with E-state index in [1.54, 1.807) is 0 Å². The standard InChI is InChI=1S/C18H25N3/c1-4-11-20-18(17-10-12-19-14(3)21-17)13-16-8-6-15(5-2)7-9-16/h6-10,12,18,20H,4-5,11,13H2,1-3H3. The monoisotopic (exact) mass is 283 g/mol. The lowest BCUT2D eigenvalue weighted by Crippen LogP contribution is -2.25. The highest BCUT2D eigenvalue weighted by atomic mass is 15.0. The van der Waals surface area contributed by atoms with E-state index in [0.717, 1.165) is 37.3 Å². The van der Waals surface area contributed by atoms with Crippen LogP contribution in [0.4, 0.5) is 0 Å². The van der Waals surface area contributed by atoms with Crippen LogP contribution in [0.2, 0.25) is 0 Å². The molecule has 1 aromatic heterocycles. The Labute approximate surface area is 127 Å². The van der Waals surface area contributed by atoms with E-state index in [-0.39, 0.29) is 6.04 Å². The molecule has 3 heteroatoms. The molecule has 2 rings (SSSR count). The second-order valence-electron chi connectivity index (χ2n) is 5.41. The molecule has 0 bridgehead atoms. The molecule has 0 amide bonds. The van der Waals surface area contributed by atoms with E-state index in [2.05, 4.69) is 53.4 Å². The van der Waals surface area contributed by atoms with Crippen molar-refractivity contribution in [1.82, 2.24) is 15.3 Å². The molecule has 1 atom stereocenters. The third kappa shape index (κ3) is 4.64. The van der Waals surface area contributed by atoms with Gasteiger partial charge in [-0.25, -0.2) is 9.97 Å². The van der Waals surface area contributed by atoms with E-state index in [1.165, 1.54) is 11.1 Å². The molecule has 112 valence electrons. The zero-order chi connectivity index (χ0) is 15.1. The summed E-state index contributed by atoms with van der Waals surface area (Å²) in [5, 5.41) is 3.60. The van der Waals surface area contributed by atoms with Crippen LogP contribution in [-0.4, -0.2) is 16.5 Å². The van der Waals surface area contributed by atoms with Crippen LogP contribution in [0, 0.1) is 6.92 Å². The molecule has 2 aromatic rings. The average Bonchev–Trinajstić information content (AvgIpc) is 2.52. The molecule has 3 nitrogen and oxygen atoms in total. The molecule has 0 radical (unpaired) electrons. The Kier molecular flexibility index (Phi) is 5.88. The van der Waals surface area contributed by atoms with Crippen molar-refractivity contribution in [1.29, 1.82) is 0 Å². The SMILES string of the molecule is CCCNC(Cc1ccc(CC)cc1)c1ccnc(C)n1. The molecule has 1 N–H and O–H groups in total. The molecular weight excluding hydrogens is 258 g/mol. The number of aryl methyl sites for hydroxylation is 2. The summed E-state index contributed by atoms with van der Waals surface area (Å²) in [4.78, 5) is 8.78. The lowest BCUT2D eigenvalue weighted by Gasteiger charge is -2.18. The molecule has 0 spiro atoms. The molecule has 21 heavy (non-hydrogen) atoms. The molecule has 1 aromatic carbocycles. The Balaban J connectivity index is 2.15. The normalized spacial score (nSPS) is 12.3. The largest absolute Gasteiger partial charge is 0.308 e. The van der Waals surface area contributed by atoms with Gasteiger partial charge < -0.3 is 5.32 Å². The minimum Gasteiger partial charge on any atom is -0.308 e. The Morgan fingerprint density at radius 2 is 1.76 bits per heavy atom. The predicted octanol–water partition coefficient (Wildman–Crippen LogP) is 3.63. The lowest BCUT2D eigenvalue weighted by atomic mass is 10.0. The van der Waals surface area contributed by atoms with Crippen LogP contribution >= 0.6 is 0 Å². The third-order valence-electron chi connectivity index (χ3n) is 3.67. The second kappa shape index (κ2) is 7.89. The summed E-state index contributed by atoms with van der Waals surface area (Å²) in [6, 6.07) is 11.2. The Bertz CT molecular complexity index is 549. The molecule has 0 fully saturated rings. The van der Waals surface area contributed by atoms with E-state index in [9.17, 15) is 0 Å². The quantitative estimate of drug-likeness (QED) is 0.843. The first-order valence-electron chi connectivity index (χ1n) is 7.83. The van der Waals surface area contributed by atoms with Crippen molar-refractivity contribution in [2.24, 2.45) is 0 Å². The summed E-state index contributed by atoms with van der Waals surface area (Å²) in [6.07, 6.45) is 5.01. The molecule has 1 unspecified atom stereocenters. The van der Waals surface area contributed by atoms with Gasteiger partial charge in [-0.2, -0.15) is 0 Å². The van der Waals surface area contributed by atoms with Crippen LogP contribution in [0.25, 0.3) is 0 Å². The van der Waals surface area contributed by atoms with Crippen molar-refractivity contribution < 1.29 is 0 Å². The maximum atomic E-state index is 4.58. The number of hydrogen-bond donors (Lipinski definition) is 1. The number of rotatable bonds is 7. The lowest BCUT2D eigenvalue weighted by molar-refractivity contribution is 0.515. The zero-order valence-corrected chi connectivity index (χ0v) is 13.3. The number of hydrogen-bond acceptors (Lipinski definition) is 3. The first kappa shape index (κ1) is 15.6. The number of aromatic nitrogens is 2. The van der Waals surface area contributed by atoms with Crippen LogP contribution in [-0.2, 0) is 12.8 Å². The molecular formula is C18H25N3. The van der Waals surface area contributed by atoms with Gasteiger partial charge in [-0.05, 0) is 49.9 Å². The zero-order valence-electron chi connectivity index (χ0n) is 13.3. The number of nitrogens with zero attached hydrogens (tertiary/aromatic N) is 2. The fraction of sp³-hybridized carbons (Fsp3) is 0.444. The van der Waals surface area contributed by atoms with E-state index in [4.69, 9.17) is 0 Å². The van der Waals surface area contributed by atoms with Crippen molar-refractivity contribution in [2.45, 2.75) is 46.1 Å². The first-order chi connectivity index (χ1) is 10.2. The van der Waals surface area contributed by atoms with Crippen LogP contribution in [0.3, 0.4) is 0 Å². The van der Waals surface area contributed by atoms with Crippen molar-refractivity contribution in [3.63, 3.8) is 0 Å². The van der Waals surface area contributed by atoms with Crippen LogP contribution in [0.5, 0.6) is 0 Å². The van der Waals surface area contributed by atoms with Gasteiger partial charge in [-0.3, -0.25) is 0 Å². The molecule has 0 saturated carbocycles. The summed E-state index contributed by atoms with van der Waals surface area (Å²) < 4.78 is 0. The topological polar surface area (TPSA) is 37.8 Å². The van der Waals surface area contributed by atoms with Gasteiger partial charge in [-0.15, -0.1) is 0 Å². The average molecular weight is 283 g/mol. The minimum absolute atomic E-state index is 0.249. The second-order valence-corrected chi connectivity index (χ2v) is 5.41. The summed E-state index contributed by atoms with van der Waals surface area (Å²) in [5.41, 5.74) is 3.81. The summed E-state index contributed by atoms with van der Waals surface area (Å²) in [6.45, 7) is 7.31. The summed E-state index contributed by atoms with van der Waals surface area (Å²) >= 11 is 0. The molecule has 0 aliphatic rings. The van der Waals surface area contributed by atoms with Crippen LogP contribution in [0.15, 0.2) is 36.5 Å². The molecule has 0 aliphatic heterocycles. The van der Waals surface area contributed by atoms with E-state index >= 15 is 0 Å². The fourth-order valence-corrected chi connectivity index (χ4v) is 2.42. The Hall–Kier alpha value is -1.74. The van der Waals surface area contributed by atoms with E-state index in [0.29, 0.717) is 0 Å². The maximum absolute atomic E-state index is 4.58. The molecule has 0 aliphatic carbocycles. The maximum Gasteiger partial charge on any atom is 0.125 e. The smallest absolute Gasteiger partial charge is 0.125 e. The Morgan fingerprint density at radius 1 is 1.05 bits per heavy atom. The van der Waals surface area contributed by atoms with Gasteiger partial charge in [0, 0.05) is 6.20 Å². The third-order valence-corrected chi connectivity index (χ3v) is 3.67. The summed E-state index contributed by atoms with van der Waals surface area (Å²) in [7, 11) is 0.